The van der Waals surface area contributed by atoms with Gasteiger partial charge in [0.2, 0.25) is 11.8 Å². The van der Waals surface area contributed by atoms with Gasteiger partial charge in [0, 0.05) is 31.7 Å². The van der Waals surface area contributed by atoms with Gasteiger partial charge in [-0.05, 0) is 42.7 Å². The van der Waals surface area contributed by atoms with Crippen molar-refractivity contribution in [1.29, 1.82) is 0 Å². The highest BCUT2D eigenvalue weighted by Gasteiger charge is 2.41. The summed E-state index contributed by atoms with van der Waals surface area (Å²) in [6, 6.07) is 2.93. The SMILES string of the molecule is CC[C@@H]1C[C@H](N(Cc2cc(C(F)(F)F)cc(C(F)(F)F)c2)c2ncc(N3CCOCC3)cn2)c2nc(OC)ccc2N1C(=O)O. The molecule has 1 N–H and O–H groups in total. The van der Waals surface area contributed by atoms with Gasteiger partial charge in [-0.25, -0.2) is 19.7 Å². The van der Waals surface area contributed by atoms with Gasteiger partial charge >= 0.3 is 18.4 Å². The molecule has 0 saturated carbocycles. The number of ether oxygens (including phenoxy) is 2. The Labute approximate surface area is 254 Å². The normalized spacial score (nSPS) is 18.8. The molecule has 4 heterocycles. The highest BCUT2D eigenvalue weighted by atomic mass is 19.4. The minimum Gasteiger partial charge on any atom is -0.481 e. The Kier molecular flexibility index (Phi) is 8.96. The van der Waals surface area contributed by atoms with Crippen LogP contribution in [0.15, 0.2) is 42.7 Å². The van der Waals surface area contributed by atoms with Gasteiger partial charge in [-0.2, -0.15) is 26.3 Å². The summed E-state index contributed by atoms with van der Waals surface area (Å²) in [5.41, 5.74) is -2.14. The maximum Gasteiger partial charge on any atom is 0.416 e. The maximum atomic E-state index is 13.8. The summed E-state index contributed by atoms with van der Waals surface area (Å²) in [6.07, 6.45) is -7.82. The number of amides is 1. The molecule has 0 radical (unpaired) electrons. The van der Waals surface area contributed by atoms with E-state index in [2.05, 4.69) is 15.0 Å². The first-order valence-corrected chi connectivity index (χ1v) is 14.1. The van der Waals surface area contributed by atoms with Crippen molar-refractivity contribution in [3.05, 3.63) is 65.1 Å². The zero-order valence-corrected chi connectivity index (χ0v) is 24.3. The van der Waals surface area contributed by atoms with Crippen LogP contribution in [0.5, 0.6) is 5.88 Å². The molecule has 0 unspecified atom stereocenters. The molecule has 2 aromatic heterocycles. The molecule has 2 aliphatic rings. The number of carboxylic acid groups (broad SMARTS) is 1. The van der Waals surface area contributed by atoms with Crippen molar-refractivity contribution in [3.63, 3.8) is 0 Å². The van der Waals surface area contributed by atoms with Crippen LogP contribution in [-0.4, -0.2) is 65.6 Å². The lowest BCUT2D eigenvalue weighted by molar-refractivity contribution is -0.143. The lowest BCUT2D eigenvalue weighted by atomic mass is 9.92. The summed E-state index contributed by atoms with van der Waals surface area (Å²) in [4.78, 5) is 30.4. The predicted octanol–water partition coefficient (Wildman–Crippen LogP) is 6.17. The first-order valence-electron chi connectivity index (χ1n) is 14.1. The quantitative estimate of drug-likeness (QED) is 0.304. The van der Waals surface area contributed by atoms with Gasteiger partial charge in [0.05, 0.1) is 67.0 Å². The molecule has 1 aromatic carbocycles. The Hall–Kier alpha value is -4.34. The second kappa shape index (κ2) is 12.6. The number of pyridine rings is 1. The van der Waals surface area contributed by atoms with E-state index in [4.69, 9.17) is 9.47 Å². The van der Waals surface area contributed by atoms with Gasteiger partial charge in [0.25, 0.3) is 0 Å². The number of carbonyl (C=O) groups is 1. The van der Waals surface area contributed by atoms with E-state index in [0.29, 0.717) is 50.5 Å². The number of hydrogen-bond donors (Lipinski definition) is 1. The van der Waals surface area contributed by atoms with Crippen molar-refractivity contribution in [2.24, 2.45) is 0 Å². The molecule has 3 aromatic rings. The molecular formula is C29H30F6N6O4. The molecule has 0 bridgehead atoms. The van der Waals surface area contributed by atoms with Crippen LogP contribution in [0.2, 0.25) is 0 Å². The highest BCUT2D eigenvalue weighted by molar-refractivity contribution is 5.88. The number of benzene rings is 1. The van der Waals surface area contributed by atoms with E-state index < -0.39 is 48.2 Å². The zero-order valence-electron chi connectivity index (χ0n) is 24.3. The molecule has 16 heteroatoms. The molecule has 10 nitrogen and oxygen atoms in total. The second-order valence-electron chi connectivity index (χ2n) is 10.6. The summed E-state index contributed by atoms with van der Waals surface area (Å²) in [7, 11) is 1.36. The number of methoxy groups -OCH3 is 1. The third kappa shape index (κ3) is 6.84. The average Bonchev–Trinajstić information content (AvgIpc) is 3.02. The monoisotopic (exact) mass is 640 g/mol. The van der Waals surface area contributed by atoms with Crippen LogP contribution < -0.4 is 19.4 Å². The molecule has 0 aliphatic carbocycles. The fourth-order valence-electron chi connectivity index (χ4n) is 5.64. The highest BCUT2D eigenvalue weighted by Crippen LogP contribution is 2.44. The fourth-order valence-corrected chi connectivity index (χ4v) is 5.64. The number of rotatable bonds is 7. The Morgan fingerprint density at radius 1 is 1.04 bits per heavy atom. The third-order valence-electron chi connectivity index (χ3n) is 7.83. The van der Waals surface area contributed by atoms with Crippen molar-refractivity contribution >= 4 is 23.4 Å². The number of halogens is 6. The summed E-state index contributed by atoms with van der Waals surface area (Å²) in [6.45, 7) is 3.46. The van der Waals surface area contributed by atoms with Crippen LogP contribution in [0.25, 0.3) is 0 Å². The van der Waals surface area contributed by atoms with Gasteiger partial charge in [-0.15, -0.1) is 0 Å². The van der Waals surface area contributed by atoms with Crippen molar-refractivity contribution in [2.45, 2.75) is 50.7 Å². The summed E-state index contributed by atoms with van der Waals surface area (Å²) in [5.74, 6) is 0.151. The van der Waals surface area contributed by atoms with Crippen LogP contribution >= 0.6 is 0 Å². The smallest absolute Gasteiger partial charge is 0.416 e. The molecule has 5 rings (SSSR count). The average molecular weight is 641 g/mol. The number of nitrogens with zero attached hydrogens (tertiary/aromatic N) is 6. The van der Waals surface area contributed by atoms with Crippen molar-refractivity contribution in [3.8, 4) is 5.88 Å². The lowest BCUT2D eigenvalue weighted by Gasteiger charge is -2.42. The predicted molar refractivity (Wildman–Crippen MR) is 150 cm³/mol. The van der Waals surface area contributed by atoms with Gasteiger partial charge in [-0.1, -0.05) is 6.92 Å². The molecule has 1 fully saturated rings. The molecule has 45 heavy (non-hydrogen) atoms. The number of fused-ring (bicyclic) bond motifs is 1. The third-order valence-corrected chi connectivity index (χ3v) is 7.83. The van der Waals surface area contributed by atoms with E-state index in [9.17, 15) is 36.2 Å². The first-order chi connectivity index (χ1) is 21.3. The molecule has 2 atom stereocenters. The zero-order chi connectivity index (χ0) is 32.5. The van der Waals surface area contributed by atoms with E-state index in [0.717, 1.165) is 4.90 Å². The minimum atomic E-state index is -5.04. The van der Waals surface area contributed by atoms with Crippen molar-refractivity contribution < 1.29 is 45.7 Å². The standard InChI is InChI=1S/C29H30F6N6O4/c1-3-20-13-23(25-22(41(20)27(42)43)4-5-24(38-25)44-2)40(26-36-14-21(15-37-26)39-6-8-45-9-7-39)16-17-10-18(28(30,31)32)12-19(11-17)29(33,34)35/h4-5,10-12,14-15,20,23H,3,6-9,13,16H2,1-2H3,(H,42,43)/t20-,23+/m1/s1. The van der Waals surface area contributed by atoms with Crippen LogP contribution in [0.4, 0.5) is 48.5 Å². The Balaban J connectivity index is 1.66. The lowest BCUT2D eigenvalue weighted by Crippen LogP contribution is -2.47. The summed E-state index contributed by atoms with van der Waals surface area (Å²) >= 11 is 0. The molecular weight excluding hydrogens is 610 g/mol. The van der Waals surface area contributed by atoms with E-state index in [1.165, 1.54) is 36.5 Å². The number of anilines is 3. The van der Waals surface area contributed by atoms with Crippen LogP contribution in [-0.2, 0) is 23.6 Å². The number of aromatic nitrogens is 3. The Morgan fingerprint density at radius 2 is 1.67 bits per heavy atom. The van der Waals surface area contributed by atoms with E-state index in [1.54, 1.807) is 6.92 Å². The number of hydrogen-bond acceptors (Lipinski definition) is 8. The second-order valence-corrected chi connectivity index (χ2v) is 10.6. The first kappa shape index (κ1) is 32.1. The molecule has 0 spiro atoms. The number of morpholine rings is 1. The molecule has 1 amide bonds. The summed E-state index contributed by atoms with van der Waals surface area (Å²) in [5, 5.41) is 10.1. The summed E-state index contributed by atoms with van der Waals surface area (Å²) < 4.78 is 93.2. The van der Waals surface area contributed by atoms with Crippen molar-refractivity contribution in [1.82, 2.24) is 15.0 Å². The minimum absolute atomic E-state index is 0.0113. The van der Waals surface area contributed by atoms with Crippen LogP contribution in [0.1, 0.15) is 48.2 Å². The molecule has 1 saturated heterocycles. The topological polar surface area (TPSA) is 104 Å². The van der Waals surface area contributed by atoms with E-state index >= 15 is 0 Å². The van der Waals surface area contributed by atoms with Crippen LogP contribution in [0.3, 0.4) is 0 Å². The molecule has 242 valence electrons. The van der Waals surface area contributed by atoms with Gasteiger partial charge in [-0.3, -0.25) is 4.90 Å². The molecule has 2 aliphatic heterocycles. The maximum absolute atomic E-state index is 13.8. The Bertz CT molecular complexity index is 1480. The van der Waals surface area contributed by atoms with Crippen LogP contribution in [0, 0.1) is 0 Å². The van der Waals surface area contributed by atoms with E-state index in [-0.39, 0.29) is 41.3 Å². The van der Waals surface area contributed by atoms with Gasteiger partial charge < -0.3 is 24.4 Å². The van der Waals surface area contributed by atoms with Gasteiger partial charge in [0.1, 0.15) is 0 Å². The van der Waals surface area contributed by atoms with Crippen molar-refractivity contribution in [2.75, 3.05) is 48.1 Å². The number of alkyl halides is 6. The Morgan fingerprint density at radius 3 is 2.20 bits per heavy atom. The largest absolute Gasteiger partial charge is 0.481 e. The fraction of sp³-hybridized carbons (Fsp3) is 0.448. The van der Waals surface area contributed by atoms with E-state index in [1.807, 2.05) is 4.90 Å². The van der Waals surface area contributed by atoms with Gasteiger partial charge in [0.15, 0.2) is 0 Å².